The highest BCUT2D eigenvalue weighted by atomic mass is 35.5. The summed E-state index contributed by atoms with van der Waals surface area (Å²) in [5.41, 5.74) is 7.68. The molecule has 0 radical (unpaired) electrons. The molecule has 0 amide bonds. The number of halogens is 1. The lowest BCUT2D eigenvalue weighted by Gasteiger charge is -2.31. The third-order valence-corrected chi connectivity index (χ3v) is 3.95. The summed E-state index contributed by atoms with van der Waals surface area (Å²) in [5.74, 6) is 1.52. The molecule has 0 aliphatic heterocycles. The van der Waals surface area contributed by atoms with Gasteiger partial charge in [-0.05, 0) is 49.3 Å². The summed E-state index contributed by atoms with van der Waals surface area (Å²) < 4.78 is 6.01. The molecule has 2 nitrogen and oxygen atoms in total. The molecule has 1 aromatic carbocycles. The van der Waals surface area contributed by atoms with Crippen LogP contribution in [0.1, 0.15) is 38.7 Å². The molecule has 1 saturated carbocycles. The van der Waals surface area contributed by atoms with Crippen LogP contribution in [0.3, 0.4) is 0 Å². The zero-order valence-electron chi connectivity index (χ0n) is 11.2. The van der Waals surface area contributed by atoms with Crippen molar-refractivity contribution >= 4 is 17.3 Å². The topological polar surface area (TPSA) is 35.2 Å². The average Bonchev–Trinajstić information content (AvgIpc) is 2.29. The van der Waals surface area contributed by atoms with Crippen molar-refractivity contribution in [3.05, 3.63) is 28.8 Å². The number of hydrogen-bond donors (Lipinski definition) is 1. The summed E-state index contributed by atoms with van der Waals surface area (Å²) in [6.45, 7) is 5.18. The predicted molar refractivity (Wildman–Crippen MR) is 76.6 cm³/mol. The number of rotatable bonds is 3. The third-order valence-electron chi connectivity index (χ3n) is 3.71. The van der Waals surface area contributed by atoms with E-state index in [-0.39, 0.29) is 0 Å². The van der Waals surface area contributed by atoms with Crippen molar-refractivity contribution in [3.63, 3.8) is 0 Å². The van der Waals surface area contributed by atoms with Crippen LogP contribution in [0.25, 0.3) is 0 Å². The standard InChI is InChI=1S/C15H22ClNO/c1-10-5-11(2)7-14(6-10)18-9-12-8-13(16)3-4-15(12)17/h3-4,8,10-11,14H,5-7,9,17H2,1-2H3. The van der Waals surface area contributed by atoms with E-state index in [9.17, 15) is 0 Å². The Hall–Kier alpha value is -0.730. The highest BCUT2D eigenvalue weighted by molar-refractivity contribution is 6.30. The molecular weight excluding hydrogens is 246 g/mol. The minimum absolute atomic E-state index is 0.363. The van der Waals surface area contributed by atoms with Gasteiger partial charge in [0.25, 0.3) is 0 Å². The van der Waals surface area contributed by atoms with E-state index < -0.39 is 0 Å². The van der Waals surface area contributed by atoms with E-state index in [0.717, 1.165) is 35.9 Å². The van der Waals surface area contributed by atoms with E-state index in [1.54, 1.807) is 0 Å². The van der Waals surface area contributed by atoms with Crippen molar-refractivity contribution in [2.75, 3.05) is 5.73 Å². The number of hydrogen-bond acceptors (Lipinski definition) is 2. The summed E-state index contributed by atoms with van der Waals surface area (Å²) in [6.07, 6.45) is 4.00. The van der Waals surface area contributed by atoms with Crippen LogP contribution in [0, 0.1) is 11.8 Å². The number of nitrogens with two attached hydrogens (primary N) is 1. The van der Waals surface area contributed by atoms with E-state index in [0.29, 0.717) is 17.7 Å². The SMILES string of the molecule is CC1CC(C)CC(OCc2cc(Cl)ccc2N)C1. The van der Waals surface area contributed by atoms with Crippen LogP contribution in [0.15, 0.2) is 18.2 Å². The molecule has 0 heterocycles. The fraction of sp³-hybridized carbons (Fsp3) is 0.600. The molecule has 18 heavy (non-hydrogen) atoms. The fourth-order valence-corrected chi connectivity index (χ4v) is 3.11. The molecule has 0 spiro atoms. The zero-order chi connectivity index (χ0) is 13.1. The first kappa shape index (κ1) is 13.7. The molecule has 2 unspecified atom stereocenters. The second-order valence-corrected chi connectivity index (χ2v) is 6.13. The second kappa shape index (κ2) is 5.94. The molecule has 3 heteroatoms. The Morgan fingerprint density at radius 2 is 1.89 bits per heavy atom. The first-order chi connectivity index (χ1) is 8.54. The Kier molecular flexibility index (Phi) is 4.52. The Labute approximate surface area is 114 Å². The van der Waals surface area contributed by atoms with E-state index in [1.807, 2.05) is 18.2 Å². The summed E-state index contributed by atoms with van der Waals surface area (Å²) in [4.78, 5) is 0. The zero-order valence-corrected chi connectivity index (χ0v) is 11.9. The van der Waals surface area contributed by atoms with Crippen LogP contribution in [-0.4, -0.2) is 6.10 Å². The normalized spacial score (nSPS) is 28.3. The highest BCUT2D eigenvalue weighted by Gasteiger charge is 2.24. The minimum atomic E-state index is 0.363. The molecule has 0 bridgehead atoms. The Morgan fingerprint density at radius 3 is 2.56 bits per heavy atom. The maximum Gasteiger partial charge on any atom is 0.0741 e. The summed E-state index contributed by atoms with van der Waals surface area (Å²) in [7, 11) is 0. The van der Waals surface area contributed by atoms with Crippen LogP contribution in [0.4, 0.5) is 5.69 Å². The Bertz CT molecular complexity index is 397. The first-order valence-electron chi connectivity index (χ1n) is 6.70. The predicted octanol–water partition coefficient (Wildman–Crippen LogP) is 4.26. The van der Waals surface area contributed by atoms with Gasteiger partial charge in [-0.25, -0.2) is 0 Å². The molecule has 100 valence electrons. The molecule has 0 aromatic heterocycles. The van der Waals surface area contributed by atoms with Crippen LogP contribution in [-0.2, 0) is 11.3 Å². The highest BCUT2D eigenvalue weighted by Crippen LogP contribution is 2.31. The van der Waals surface area contributed by atoms with Crippen molar-refractivity contribution < 1.29 is 4.74 Å². The lowest BCUT2D eigenvalue weighted by Crippen LogP contribution is -2.26. The van der Waals surface area contributed by atoms with Crippen LogP contribution in [0.5, 0.6) is 0 Å². The lowest BCUT2D eigenvalue weighted by molar-refractivity contribution is -0.00892. The van der Waals surface area contributed by atoms with Crippen LogP contribution in [0.2, 0.25) is 5.02 Å². The van der Waals surface area contributed by atoms with Gasteiger partial charge >= 0.3 is 0 Å². The first-order valence-corrected chi connectivity index (χ1v) is 7.08. The van der Waals surface area contributed by atoms with Crippen LogP contribution < -0.4 is 5.73 Å². The Morgan fingerprint density at radius 1 is 1.22 bits per heavy atom. The van der Waals surface area contributed by atoms with Gasteiger partial charge in [-0.1, -0.05) is 25.4 Å². The number of nitrogen functional groups attached to an aromatic ring is 1. The minimum Gasteiger partial charge on any atom is -0.398 e. The van der Waals surface area contributed by atoms with Gasteiger partial charge < -0.3 is 10.5 Å². The number of anilines is 1. The molecule has 2 N–H and O–H groups in total. The van der Waals surface area contributed by atoms with Gasteiger partial charge in [0.15, 0.2) is 0 Å². The summed E-state index contributed by atoms with van der Waals surface area (Å²) in [6, 6.07) is 5.55. The molecule has 1 aromatic rings. The monoisotopic (exact) mass is 267 g/mol. The van der Waals surface area contributed by atoms with E-state index >= 15 is 0 Å². The van der Waals surface area contributed by atoms with Gasteiger partial charge in [-0.2, -0.15) is 0 Å². The largest absolute Gasteiger partial charge is 0.398 e. The lowest BCUT2D eigenvalue weighted by atomic mass is 9.82. The van der Waals surface area contributed by atoms with Gasteiger partial charge in [0.1, 0.15) is 0 Å². The number of benzene rings is 1. The van der Waals surface area contributed by atoms with Gasteiger partial charge in [0.2, 0.25) is 0 Å². The second-order valence-electron chi connectivity index (χ2n) is 5.69. The van der Waals surface area contributed by atoms with Crippen molar-refractivity contribution in [1.29, 1.82) is 0 Å². The van der Waals surface area contributed by atoms with Crippen molar-refractivity contribution in [2.45, 2.75) is 45.8 Å². The summed E-state index contributed by atoms with van der Waals surface area (Å²) >= 11 is 5.97. The summed E-state index contributed by atoms with van der Waals surface area (Å²) in [5, 5.41) is 0.716. The maximum atomic E-state index is 6.01. The smallest absolute Gasteiger partial charge is 0.0741 e. The van der Waals surface area contributed by atoms with Crippen LogP contribution >= 0.6 is 11.6 Å². The van der Waals surface area contributed by atoms with Gasteiger partial charge in [0, 0.05) is 16.3 Å². The van der Waals surface area contributed by atoms with E-state index in [1.165, 1.54) is 6.42 Å². The van der Waals surface area contributed by atoms with Crippen molar-refractivity contribution in [1.82, 2.24) is 0 Å². The van der Waals surface area contributed by atoms with Gasteiger partial charge in [-0.15, -0.1) is 0 Å². The average molecular weight is 268 g/mol. The quantitative estimate of drug-likeness (QED) is 0.831. The molecular formula is C15H22ClNO. The molecule has 1 fully saturated rings. The molecule has 1 aliphatic carbocycles. The van der Waals surface area contributed by atoms with Crippen molar-refractivity contribution in [3.8, 4) is 0 Å². The molecule has 1 aliphatic rings. The third kappa shape index (κ3) is 3.63. The van der Waals surface area contributed by atoms with Gasteiger partial charge in [0.05, 0.1) is 12.7 Å². The fourth-order valence-electron chi connectivity index (χ4n) is 2.92. The van der Waals surface area contributed by atoms with Crippen molar-refractivity contribution in [2.24, 2.45) is 11.8 Å². The number of ether oxygens (including phenoxy) is 1. The Balaban J connectivity index is 1.92. The molecule has 0 saturated heterocycles. The van der Waals surface area contributed by atoms with E-state index in [4.69, 9.17) is 22.1 Å². The molecule has 2 rings (SSSR count). The maximum absolute atomic E-state index is 6.01. The van der Waals surface area contributed by atoms with E-state index in [2.05, 4.69) is 13.8 Å². The van der Waals surface area contributed by atoms with Gasteiger partial charge in [-0.3, -0.25) is 0 Å². The molecule has 2 atom stereocenters.